The number of pyridine rings is 1. The highest BCUT2D eigenvalue weighted by molar-refractivity contribution is 6.35. The summed E-state index contributed by atoms with van der Waals surface area (Å²) in [5, 5.41) is 10.9. The number of hydrogen-bond donors (Lipinski definition) is 1. The molecule has 0 fully saturated rings. The third-order valence-electron chi connectivity index (χ3n) is 5.12. The van der Waals surface area contributed by atoms with E-state index in [-0.39, 0.29) is 43.0 Å². The number of fused-ring (bicyclic) bond motifs is 2. The molecule has 4 nitrogen and oxygen atoms in total. The lowest BCUT2D eigenvalue weighted by molar-refractivity contribution is -0.133. The minimum Gasteiger partial charge on any atom is -0.493 e. The van der Waals surface area contributed by atoms with E-state index < -0.39 is 17.6 Å². The van der Waals surface area contributed by atoms with Crippen LogP contribution in [0, 0.1) is 0 Å². The largest absolute Gasteiger partial charge is 0.493 e. The van der Waals surface area contributed by atoms with E-state index in [2.05, 4.69) is 4.98 Å². The van der Waals surface area contributed by atoms with Gasteiger partial charge in [-0.25, -0.2) is 4.39 Å². The Balaban J connectivity index is 1.64. The van der Waals surface area contributed by atoms with Crippen molar-refractivity contribution < 1.29 is 19.0 Å². The van der Waals surface area contributed by atoms with Gasteiger partial charge in [-0.3, -0.25) is 9.78 Å². The van der Waals surface area contributed by atoms with Crippen LogP contribution in [0.25, 0.3) is 0 Å². The van der Waals surface area contributed by atoms with E-state index in [4.69, 9.17) is 27.9 Å². The van der Waals surface area contributed by atoms with Crippen LogP contribution in [0.5, 0.6) is 5.75 Å². The summed E-state index contributed by atoms with van der Waals surface area (Å²) in [6.45, 7) is 0.250. The molecular weight excluding hydrogens is 380 g/mol. The number of ether oxygens (including phenoxy) is 1. The van der Waals surface area contributed by atoms with Crippen molar-refractivity contribution in [2.24, 2.45) is 0 Å². The van der Waals surface area contributed by atoms with E-state index in [9.17, 15) is 9.90 Å². The Morgan fingerprint density at radius 3 is 3.04 bits per heavy atom. The molecule has 0 saturated heterocycles. The van der Waals surface area contributed by atoms with Gasteiger partial charge in [0, 0.05) is 39.7 Å². The molecule has 0 amide bonds. The van der Waals surface area contributed by atoms with Crippen LogP contribution in [-0.2, 0) is 10.5 Å². The summed E-state index contributed by atoms with van der Waals surface area (Å²) < 4.78 is 21.3. The summed E-state index contributed by atoms with van der Waals surface area (Å²) in [7, 11) is 0. The molecule has 0 saturated carbocycles. The van der Waals surface area contributed by atoms with Crippen molar-refractivity contribution in [3.8, 4) is 5.75 Å². The maximum absolute atomic E-state index is 15.7. The molecule has 0 radical (unpaired) electrons. The maximum Gasteiger partial charge on any atom is 0.195 e. The Morgan fingerprint density at radius 1 is 1.42 bits per heavy atom. The molecule has 136 valence electrons. The lowest BCUT2D eigenvalue weighted by Gasteiger charge is -2.33. The van der Waals surface area contributed by atoms with Crippen molar-refractivity contribution in [2.75, 3.05) is 6.61 Å². The summed E-state index contributed by atoms with van der Waals surface area (Å²) >= 11 is 12.2. The number of carbonyl (C=O) groups excluding carboxylic acids is 1. The highest BCUT2D eigenvalue weighted by Gasteiger charge is 2.47. The average molecular weight is 396 g/mol. The molecule has 1 aromatic heterocycles. The smallest absolute Gasteiger partial charge is 0.195 e. The number of halogens is 3. The van der Waals surface area contributed by atoms with E-state index in [1.165, 1.54) is 12.3 Å². The highest BCUT2D eigenvalue weighted by Crippen LogP contribution is 2.47. The quantitative estimate of drug-likeness (QED) is 0.829. The predicted octanol–water partition coefficient (Wildman–Crippen LogP) is 4.52. The van der Waals surface area contributed by atoms with Gasteiger partial charge < -0.3 is 9.84 Å². The predicted molar refractivity (Wildman–Crippen MR) is 95.5 cm³/mol. The van der Waals surface area contributed by atoms with Crippen molar-refractivity contribution in [3.05, 3.63) is 57.3 Å². The van der Waals surface area contributed by atoms with E-state index in [0.29, 0.717) is 21.4 Å². The number of aliphatic hydroxyl groups excluding tert-OH is 1. The van der Waals surface area contributed by atoms with Crippen LogP contribution < -0.4 is 4.74 Å². The number of aliphatic hydroxyl groups is 1. The Kier molecular flexibility index (Phi) is 4.41. The Labute approximate surface area is 159 Å². The van der Waals surface area contributed by atoms with Crippen LogP contribution >= 0.6 is 23.2 Å². The van der Waals surface area contributed by atoms with Crippen molar-refractivity contribution in [2.45, 2.75) is 37.0 Å². The van der Waals surface area contributed by atoms with Gasteiger partial charge in [-0.15, -0.1) is 0 Å². The standard InChI is InChI=1S/C19H16Cl2FNO3/c20-11-7-13(21)17-10(9-26-15(17)8-11)6-16(25)19(22)4-3-14(24)18-12(19)2-1-5-23-18/h1-2,5,7-8,10,14,24H,3-4,6,9H2/t10?,14-,19-/m0/s1. The molecule has 1 aliphatic carbocycles. The number of rotatable bonds is 3. The average Bonchev–Trinajstić information content (AvgIpc) is 3.01. The number of nitrogens with zero attached hydrogens (tertiary/aromatic N) is 1. The maximum atomic E-state index is 15.7. The first-order valence-electron chi connectivity index (χ1n) is 8.37. The molecule has 26 heavy (non-hydrogen) atoms. The summed E-state index contributed by atoms with van der Waals surface area (Å²) in [4.78, 5) is 17.0. The Morgan fingerprint density at radius 2 is 2.23 bits per heavy atom. The molecule has 3 atom stereocenters. The Hall–Kier alpha value is -1.69. The Bertz CT molecular complexity index is 891. The molecule has 0 bridgehead atoms. The van der Waals surface area contributed by atoms with Gasteiger partial charge in [0.2, 0.25) is 0 Å². The zero-order valence-corrected chi connectivity index (χ0v) is 15.2. The summed E-state index contributed by atoms with van der Waals surface area (Å²) in [6.07, 6.45) is 0.675. The first-order chi connectivity index (χ1) is 12.4. The number of Topliss-reactive ketones (excluding diaryl/α,β-unsaturated/α-hetero) is 1. The monoisotopic (exact) mass is 395 g/mol. The second-order valence-corrected chi connectivity index (χ2v) is 7.57. The fraction of sp³-hybridized carbons (Fsp3) is 0.368. The molecular formula is C19H16Cl2FNO3. The van der Waals surface area contributed by atoms with E-state index in [0.717, 1.165) is 0 Å². The zero-order valence-electron chi connectivity index (χ0n) is 13.7. The molecule has 1 unspecified atom stereocenters. The zero-order chi connectivity index (χ0) is 18.5. The van der Waals surface area contributed by atoms with E-state index in [1.54, 1.807) is 18.2 Å². The van der Waals surface area contributed by atoms with Gasteiger partial charge in [0.25, 0.3) is 0 Å². The highest BCUT2D eigenvalue weighted by atomic mass is 35.5. The van der Waals surface area contributed by atoms with Crippen LogP contribution in [-0.4, -0.2) is 22.5 Å². The van der Waals surface area contributed by atoms with Gasteiger partial charge >= 0.3 is 0 Å². The molecule has 4 rings (SSSR count). The lowest BCUT2D eigenvalue weighted by Crippen LogP contribution is -2.37. The molecule has 2 aliphatic rings. The van der Waals surface area contributed by atoms with Crippen LogP contribution in [0.2, 0.25) is 10.0 Å². The number of alkyl halides is 1. The van der Waals surface area contributed by atoms with Gasteiger partial charge in [0.15, 0.2) is 11.5 Å². The van der Waals surface area contributed by atoms with Crippen LogP contribution in [0.15, 0.2) is 30.5 Å². The SMILES string of the molecule is O=C(CC1COc2cc(Cl)cc(Cl)c21)[C@]1(F)CC[C@H](O)c2ncccc21. The van der Waals surface area contributed by atoms with E-state index >= 15 is 4.39 Å². The molecule has 2 heterocycles. The summed E-state index contributed by atoms with van der Waals surface area (Å²) in [5.74, 6) is -0.345. The molecule has 1 N–H and O–H groups in total. The number of carbonyl (C=O) groups is 1. The fourth-order valence-electron chi connectivity index (χ4n) is 3.81. The third kappa shape index (κ3) is 2.79. The second kappa shape index (κ2) is 6.48. The third-order valence-corrected chi connectivity index (χ3v) is 5.65. The van der Waals surface area contributed by atoms with Gasteiger partial charge in [0.05, 0.1) is 18.4 Å². The van der Waals surface area contributed by atoms with Crippen LogP contribution in [0.1, 0.15) is 48.1 Å². The minimum atomic E-state index is -2.16. The van der Waals surface area contributed by atoms with Gasteiger partial charge in [-0.05, 0) is 31.0 Å². The van der Waals surface area contributed by atoms with E-state index in [1.807, 2.05) is 0 Å². The number of aromatic nitrogens is 1. The molecule has 0 spiro atoms. The van der Waals surface area contributed by atoms with Crippen molar-refractivity contribution in [3.63, 3.8) is 0 Å². The fourth-order valence-corrected chi connectivity index (χ4v) is 4.44. The summed E-state index contributed by atoms with van der Waals surface area (Å²) in [6, 6.07) is 6.34. The van der Waals surface area contributed by atoms with Gasteiger partial charge in [0.1, 0.15) is 5.75 Å². The molecule has 1 aliphatic heterocycles. The van der Waals surface area contributed by atoms with Crippen molar-refractivity contribution >= 4 is 29.0 Å². The number of hydrogen-bond acceptors (Lipinski definition) is 4. The lowest BCUT2D eigenvalue weighted by atomic mass is 9.76. The molecule has 2 aromatic rings. The van der Waals surface area contributed by atoms with Crippen molar-refractivity contribution in [1.82, 2.24) is 4.98 Å². The van der Waals surface area contributed by atoms with Crippen molar-refractivity contribution in [1.29, 1.82) is 0 Å². The summed E-state index contributed by atoms with van der Waals surface area (Å²) in [5.41, 5.74) is -1.08. The normalized spacial score (nSPS) is 26.8. The first kappa shape index (κ1) is 17.7. The number of benzene rings is 1. The van der Waals surface area contributed by atoms with Crippen LogP contribution in [0.3, 0.4) is 0 Å². The van der Waals surface area contributed by atoms with Gasteiger partial charge in [-0.2, -0.15) is 0 Å². The van der Waals surface area contributed by atoms with Crippen LogP contribution in [0.4, 0.5) is 4.39 Å². The van der Waals surface area contributed by atoms with Gasteiger partial charge in [-0.1, -0.05) is 29.3 Å². The molecule has 7 heteroatoms. The molecule has 1 aromatic carbocycles. The minimum absolute atomic E-state index is 0.0463. The number of ketones is 1. The first-order valence-corrected chi connectivity index (χ1v) is 9.13. The topological polar surface area (TPSA) is 59.4 Å². The second-order valence-electron chi connectivity index (χ2n) is 6.73.